The zero-order valence-corrected chi connectivity index (χ0v) is 10.6. The largest absolute Gasteiger partial charge is 0.383 e. The van der Waals surface area contributed by atoms with E-state index in [0.29, 0.717) is 11.9 Å². The first-order valence-electron chi connectivity index (χ1n) is 6.19. The SMILES string of the molecule is Cc1c(N)ncnc1NCC1CCCCN1C. The number of piperidine rings is 1. The number of nitrogen functional groups attached to an aromatic ring is 1. The Hall–Kier alpha value is -1.36. The van der Waals surface area contributed by atoms with E-state index in [1.165, 1.54) is 32.1 Å². The van der Waals surface area contributed by atoms with Gasteiger partial charge in [-0.25, -0.2) is 9.97 Å². The van der Waals surface area contributed by atoms with Crippen molar-refractivity contribution in [2.24, 2.45) is 0 Å². The minimum Gasteiger partial charge on any atom is -0.383 e. The molecule has 2 rings (SSSR count). The number of likely N-dealkylation sites (tertiary alicyclic amines) is 1. The summed E-state index contributed by atoms with van der Waals surface area (Å²) in [7, 11) is 2.19. The molecule has 94 valence electrons. The Morgan fingerprint density at radius 3 is 3.06 bits per heavy atom. The van der Waals surface area contributed by atoms with E-state index in [1.54, 1.807) is 0 Å². The molecule has 1 aliphatic heterocycles. The molecule has 2 heterocycles. The Labute approximate surface area is 102 Å². The molecule has 5 heteroatoms. The molecule has 3 N–H and O–H groups in total. The minimum atomic E-state index is 0.555. The average Bonchev–Trinajstić information content (AvgIpc) is 2.33. The lowest BCUT2D eigenvalue weighted by atomic mass is 10.0. The molecule has 0 radical (unpaired) electrons. The van der Waals surface area contributed by atoms with Crippen molar-refractivity contribution in [1.29, 1.82) is 0 Å². The normalized spacial score (nSPS) is 21.4. The highest BCUT2D eigenvalue weighted by atomic mass is 15.2. The molecule has 0 saturated carbocycles. The second kappa shape index (κ2) is 5.31. The van der Waals surface area contributed by atoms with Gasteiger partial charge < -0.3 is 16.0 Å². The first-order chi connectivity index (χ1) is 8.18. The Balaban J connectivity index is 1.95. The number of nitrogens with one attached hydrogen (secondary N) is 1. The average molecular weight is 235 g/mol. The van der Waals surface area contributed by atoms with Gasteiger partial charge in [-0.2, -0.15) is 0 Å². The third kappa shape index (κ3) is 2.85. The lowest BCUT2D eigenvalue weighted by molar-refractivity contribution is 0.194. The molecule has 1 fully saturated rings. The van der Waals surface area contributed by atoms with Crippen LogP contribution in [-0.2, 0) is 0 Å². The number of nitrogens with zero attached hydrogens (tertiary/aromatic N) is 3. The summed E-state index contributed by atoms with van der Waals surface area (Å²) in [6.45, 7) is 4.06. The standard InChI is InChI=1S/C12H21N5/c1-9-11(13)15-8-16-12(9)14-7-10-5-3-4-6-17(10)2/h8,10H,3-7H2,1-2H3,(H3,13,14,15,16). The van der Waals surface area contributed by atoms with Crippen LogP contribution in [0.4, 0.5) is 11.6 Å². The van der Waals surface area contributed by atoms with Crippen LogP contribution in [0.5, 0.6) is 0 Å². The van der Waals surface area contributed by atoms with Crippen molar-refractivity contribution in [3.05, 3.63) is 11.9 Å². The second-order valence-electron chi connectivity index (χ2n) is 4.74. The zero-order valence-electron chi connectivity index (χ0n) is 10.6. The van der Waals surface area contributed by atoms with Crippen LogP contribution in [0.15, 0.2) is 6.33 Å². The van der Waals surface area contributed by atoms with Crippen LogP contribution >= 0.6 is 0 Å². The van der Waals surface area contributed by atoms with Crippen LogP contribution < -0.4 is 11.1 Å². The Bertz CT molecular complexity index is 379. The van der Waals surface area contributed by atoms with Crippen LogP contribution in [0.25, 0.3) is 0 Å². The van der Waals surface area contributed by atoms with E-state index in [9.17, 15) is 0 Å². The van der Waals surface area contributed by atoms with Gasteiger partial charge in [0.15, 0.2) is 0 Å². The minimum absolute atomic E-state index is 0.555. The fourth-order valence-corrected chi connectivity index (χ4v) is 2.26. The van der Waals surface area contributed by atoms with Gasteiger partial charge in [0, 0.05) is 18.2 Å². The van der Waals surface area contributed by atoms with Crippen molar-refractivity contribution in [1.82, 2.24) is 14.9 Å². The molecule has 0 spiro atoms. The van der Waals surface area contributed by atoms with E-state index in [-0.39, 0.29) is 0 Å². The van der Waals surface area contributed by atoms with Crippen molar-refractivity contribution in [3.8, 4) is 0 Å². The van der Waals surface area contributed by atoms with Crippen LogP contribution in [0, 0.1) is 6.92 Å². The molecule has 1 unspecified atom stereocenters. The number of hydrogen-bond donors (Lipinski definition) is 2. The molecular weight excluding hydrogens is 214 g/mol. The number of rotatable bonds is 3. The molecule has 1 aromatic heterocycles. The molecule has 1 atom stereocenters. The maximum absolute atomic E-state index is 5.76. The van der Waals surface area contributed by atoms with Crippen LogP contribution in [0.3, 0.4) is 0 Å². The number of hydrogen-bond acceptors (Lipinski definition) is 5. The molecule has 1 saturated heterocycles. The van der Waals surface area contributed by atoms with E-state index in [0.717, 1.165) is 17.9 Å². The van der Waals surface area contributed by atoms with Crippen LogP contribution in [-0.4, -0.2) is 41.0 Å². The summed E-state index contributed by atoms with van der Waals surface area (Å²) in [4.78, 5) is 10.6. The summed E-state index contributed by atoms with van der Waals surface area (Å²) in [5.74, 6) is 1.41. The second-order valence-corrected chi connectivity index (χ2v) is 4.74. The van der Waals surface area contributed by atoms with Gasteiger partial charge in [0.2, 0.25) is 0 Å². The van der Waals surface area contributed by atoms with Crippen molar-refractivity contribution in [2.45, 2.75) is 32.2 Å². The summed E-state index contributed by atoms with van der Waals surface area (Å²) in [6, 6.07) is 0.597. The lowest BCUT2D eigenvalue weighted by Crippen LogP contribution is -2.40. The monoisotopic (exact) mass is 235 g/mol. The van der Waals surface area contributed by atoms with Gasteiger partial charge in [0.1, 0.15) is 18.0 Å². The van der Waals surface area contributed by atoms with Gasteiger partial charge >= 0.3 is 0 Å². The zero-order chi connectivity index (χ0) is 12.3. The molecule has 0 amide bonds. The van der Waals surface area contributed by atoms with Crippen molar-refractivity contribution >= 4 is 11.6 Å². The van der Waals surface area contributed by atoms with E-state index in [1.807, 2.05) is 6.92 Å². The maximum atomic E-state index is 5.76. The van der Waals surface area contributed by atoms with Crippen molar-refractivity contribution < 1.29 is 0 Å². The lowest BCUT2D eigenvalue weighted by Gasteiger charge is -2.32. The molecule has 1 aliphatic rings. The molecular formula is C12H21N5. The number of aromatic nitrogens is 2. The van der Waals surface area contributed by atoms with Gasteiger partial charge in [-0.05, 0) is 33.4 Å². The highest BCUT2D eigenvalue weighted by Crippen LogP contribution is 2.18. The molecule has 5 nitrogen and oxygen atoms in total. The summed E-state index contributed by atoms with van der Waals surface area (Å²) in [5, 5.41) is 3.38. The van der Waals surface area contributed by atoms with Gasteiger partial charge in [-0.15, -0.1) is 0 Å². The van der Waals surface area contributed by atoms with Crippen LogP contribution in [0.1, 0.15) is 24.8 Å². The first-order valence-corrected chi connectivity index (χ1v) is 6.19. The topological polar surface area (TPSA) is 67.1 Å². The van der Waals surface area contributed by atoms with E-state index in [4.69, 9.17) is 5.73 Å². The van der Waals surface area contributed by atoms with E-state index < -0.39 is 0 Å². The molecule has 0 bridgehead atoms. The highest BCUT2D eigenvalue weighted by molar-refractivity contribution is 5.53. The smallest absolute Gasteiger partial charge is 0.134 e. The van der Waals surface area contributed by atoms with Gasteiger partial charge in [0.25, 0.3) is 0 Å². The number of likely N-dealkylation sites (N-methyl/N-ethyl adjacent to an activating group) is 1. The summed E-state index contributed by atoms with van der Waals surface area (Å²) in [6.07, 6.45) is 5.40. The summed E-state index contributed by atoms with van der Waals surface area (Å²) in [5.41, 5.74) is 6.69. The number of nitrogens with two attached hydrogens (primary N) is 1. The predicted molar refractivity (Wildman–Crippen MR) is 69.9 cm³/mol. The quantitative estimate of drug-likeness (QED) is 0.825. The Morgan fingerprint density at radius 2 is 2.29 bits per heavy atom. The van der Waals surface area contributed by atoms with Gasteiger partial charge in [-0.3, -0.25) is 0 Å². The molecule has 0 aliphatic carbocycles. The van der Waals surface area contributed by atoms with E-state index >= 15 is 0 Å². The fraction of sp³-hybridized carbons (Fsp3) is 0.667. The van der Waals surface area contributed by atoms with E-state index in [2.05, 4.69) is 27.2 Å². The predicted octanol–water partition coefficient (Wildman–Crippen LogP) is 1.26. The van der Waals surface area contributed by atoms with Gasteiger partial charge in [0.05, 0.1) is 0 Å². The summed E-state index contributed by atoms with van der Waals surface area (Å²) >= 11 is 0. The summed E-state index contributed by atoms with van der Waals surface area (Å²) < 4.78 is 0. The third-order valence-corrected chi connectivity index (χ3v) is 3.55. The molecule has 0 aromatic carbocycles. The fourth-order valence-electron chi connectivity index (χ4n) is 2.26. The van der Waals surface area contributed by atoms with Crippen molar-refractivity contribution in [3.63, 3.8) is 0 Å². The van der Waals surface area contributed by atoms with Crippen molar-refractivity contribution in [2.75, 3.05) is 31.2 Å². The Kier molecular flexibility index (Phi) is 3.78. The maximum Gasteiger partial charge on any atom is 0.134 e. The molecule has 1 aromatic rings. The van der Waals surface area contributed by atoms with Gasteiger partial charge in [-0.1, -0.05) is 6.42 Å². The molecule has 17 heavy (non-hydrogen) atoms. The highest BCUT2D eigenvalue weighted by Gasteiger charge is 2.18. The third-order valence-electron chi connectivity index (χ3n) is 3.55. The Morgan fingerprint density at radius 1 is 1.47 bits per heavy atom. The van der Waals surface area contributed by atoms with Crippen LogP contribution in [0.2, 0.25) is 0 Å². The first kappa shape index (κ1) is 12.1. The number of anilines is 2.